The van der Waals surface area contributed by atoms with E-state index in [1.807, 2.05) is 12.1 Å². The molecule has 28 heavy (non-hydrogen) atoms. The number of hydrogen-bond acceptors (Lipinski definition) is 3. The lowest BCUT2D eigenvalue weighted by atomic mass is 10.1. The maximum absolute atomic E-state index is 12.9. The first-order valence-electron chi connectivity index (χ1n) is 8.88. The lowest BCUT2D eigenvalue weighted by molar-refractivity contribution is 0.475. The Morgan fingerprint density at radius 1 is 1.00 bits per heavy atom. The number of fused-ring (bicyclic) bond motifs is 1. The van der Waals surface area contributed by atoms with E-state index in [0.29, 0.717) is 28.3 Å². The standard InChI is InChI=1S/C21H18ClN3O3/c1-2-24-20(27)17-11-18(14-5-9-16(26)10-6-14)23-19(17)25(21(24)28)12-13-3-7-15(22)8-4-13/h3-11,23,26H,2,12H2,1H3. The van der Waals surface area contributed by atoms with E-state index in [1.165, 1.54) is 4.57 Å². The van der Waals surface area contributed by atoms with Crippen LogP contribution in [-0.4, -0.2) is 19.2 Å². The summed E-state index contributed by atoms with van der Waals surface area (Å²) < 4.78 is 2.79. The van der Waals surface area contributed by atoms with Crippen molar-refractivity contribution in [2.75, 3.05) is 0 Å². The van der Waals surface area contributed by atoms with Crippen molar-refractivity contribution >= 4 is 22.6 Å². The van der Waals surface area contributed by atoms with Crippen LogP contribution in [0, 0.1) is 0 Å². The van der Waals surface area contributed by atoms with E-state index in [9.17, 15) is 14.7 Å². The molecule has 6 nitrogen and oxygen atoms in total. The summed E-state index contributed by atoms with van der Waals surface area (Å²) >= 11 is 5.95. The Labute approximate surface area is 165 Å². The quantitative estimate of drug-likeness (QED) is 0.554. The third kappa shape index (κ3) is 3.12. The average Bonchev–Trinajstić information content (AvgIpc) is 3.13. The number of H-pyrrole nitrogens is 1. The maximum atomic E-state index is 12.9. The van der Waals surface area contributed by atoms with Crippen LogP contribution in [-0.2, 0) is 13.1 Å². The third-order valence-electron chi connectivity index (χ3n) is 4.75. The Balaban J connectivity index is 1.94. The Morgan fingerprint density at radius 3 is 2.32 bits per heavy atom. The summed E-state index contributed by atoms with van der Waals surface area (Å²) in [5, 5.41) is 10.6. The minimum Gasteiger partial charge on any atom is -0.508 e. The number of halogens is 1. The summed E-state index contributed by atoms with van der Waals surface area (Å²) in [5.74, 6) is 0.160. The van der Waals surface area contributed by atoms with Gasteiger partial charge in [-0.2, -0.15) is 0 Å². The van der Waals surface area contributed by atoms with Gasteiger partial charge in [0, 0.05) is 17.3 Å². The van der Waals surface area contributed by atoms with Gasteiger partial charge in [-0.05, 0) is 60.5 Å². The summed E-state index contributed by atoms with van der Waals surface area (Å²) in [5.41, 5.74) is 2.19. The molecule has 2 heterocycles. The van der Waals surface area contributed by atoms with Crippen molar-refractivity contribution in [1.82, 2.24) is 14.1 Å². The van der Waals surface area contributed by atoms with Crippen molar-refractivity contribution in [3.05, 3.63) is 86.0 Å². The monoisotopic (exact) mass is 395 g/mol. The van der Waals surface area contributed by atoms with E-state index in [1.54, 1.807) is 54.0 Å². The topological polar surface area (TPSA) is 80.0 Å². The summed E-state index contributed by atoms with van der Waals surface area (Å²) in [6.45, 7) is 2.37. The molecule has 0 spiro atoms. The summed E-state index contributed by atoms with van der Waals surface area (Å²) in [6, 6.07) is 15.6. The van der Waals surface area contributed by atoms with Gasteiger partial charge in [-0.15, -0.1) is 0 Å². The van der Waals surface area contributed by atoms with Crippen LogP contribution in [0.25, 0.3) is 22.3 Å². The van der Waals surface area contributed by atoms with Crippen LogP contribution in [0.1, 0.15) is 12.5 Å². The van der Waals surface area contributed by atoms with Crippen molar-refractivity contribution in [2.24, 2.45) is 0 Å². The number of hydrogen-bond donors (Lipinski definition) is 2. The molecule has 0 saturated carbocycles. The molecular formula is C21H18ClN3O3. The molecule has 0 radical (unpaired) electrons. The second kappa shape index (κ2) is 7.05. The highest BCUT2D eigenvalue weighted by Crippen LogP contribution is 2.24. The maximum Gasteiger partial charge on any atom is 0.332 e. The van der Waals surface area contributed by atoms with E-state index in [0.717, 1.165) is 11.1 Å². The first-order chi connectivity index (χ1) is 13.5. The minimum absolute atomic E-state index is 0.160. The fourth-order valence-corrected chi connectivity index (χ4v) is 3.41. The van der Waals surface area contributed by atoms with E-state index in [-0.39, 0.29) is 23.5 Å². The molecule has 0 unspecified atom stereocenters. The van der Waals surface area contributed by atoms with Gasteiger partial charge in [0.05, 0.1) is 11.9 Å². The highest BCUT2D eigenvalue weighted by Gasteiger charge is 2.16. The Hall–Kier alpha value is -3.25. The number of aromatic amines is 1. The highest BCUT2D eigenvalue weighted by atomic mass is 35.5. The second-order valence-corrected chi connectivity index (χ2v) is 6.97. The van der Waals surface area contributed by atoms with Crippen LogP contribution >= 0.6 is 11.6 Å². The number of phenolic OH excluding ortho intramolecular Hbond substituents is 1. The van der Waals surface area contributed by atoms with Crippen molar-refractivity contribution < 1.29 is 5.11 Å². The highest BCUT2D eigenvalue weighted by molar-refractivity contribution is 6.30. The minimum atomic E-state index is -0.367. The molecule has 4 aromatic rings. The first-order valence-corrected chi connectivity index (χ1v) is 9.26. The largest absolute Gasteiger partial charge is 0.508 e. The van der Waals surface area contributed by atoms with Gasteiger partial charge in [0.1, 0.15) is 11.4 Å². The van der Waals surface area contributed by atoms with Crippen molar-refractivity contribution in [3.8, 4) is 17.0 Å². The van der Waals surface area contributed by atoms with Gasteiger partial charge in [-0.3, -0.25) is 13.9 Å². The molecule has 0 aliphatic carbocycles. The zero-order chi connectivity index (χ0) is 19.8. The molecule has 142 valence electrons. The molecule has 4 rings (SSSR count). The zero-order valence-corrected chi connectivity index (χ0v) is 15.9. The number of benzene rings is 2. The smallest absolute Gasteiger partial charge is 0.332 e. The predicted octanol–water partition coefficient (Wildman–Crippen LogP) is 3.59. The lowest BCUT2D eigenvalue weighted by Crippen LogP contribution is -2.39. The molecule has 0 bridgehead atoms. The molecule has 2 aromatic heterocycles. The third-order valence-corrected chi connectivity index (χ3v) is 5.00. The molecule has 0 atom stereocenters. The second-order valence-electron chi connectivity index (χ2n) is 6.54. The van der Waals surface area contributed by atoms with Crippen LogP contribution in [0.3, 0.4) is 0 Å². The van der Waals surface area contributed by atoms with E-state index in [2.05, 4.69) is 4.98 Å². The van der Waals surface area contributed by atoms with Crippen LogP contribution in [0.15, 0.2) is 64.2 Å². The SMILES string of the molecule is CCn1c(=O)c2cc(-c3ccc(O)cc3)[nH]c2n(Cc2ccc(Cl)cc2)c1=O. The van der Waals surface area contributed by atoms with Gasteiger partial charge in [-0.25, -0.2) is 4.79 Å². The van der Waals surface area contributed by atoms with Crippen molar-refractivity contribution in [2.45, 2.75) is 20.0 Å². The molecule has 7 heteroatoms. The molecule has 0 aliphatic heterocycles. The Morgan fingerprint density at radius 2 is 1.68 bits per heavy atom. The fourth-order valence-electron chi connectivity index (χ4n) is 3.29. The van der Waals surface area contributed by atoms with E-state index in [4.69, 9.17) is 11.6 Å². The summed E-state index contributed by atoms with van der Waals surface area (Å²) in [7, 11) is 0. The lowest BCUT2D eigenvalue weighted by Gasteiger charge is -2.11. The number of aromatic hydroxyl groups is 1. The van der Waals surface area contributed by atoms with Crippen LogP contribution in [0.5, 0.6) is 5.75 Å². The van der Waals surface area contributed by atoms with Crippen molar-refractivity contribution in [1.29, 1.82) is 0 Å². The van der Waals surface area contributed by atoms with Crippen LogP contribution < -0.4 is 11.2 Å². The number of nitrogens with zero attached hydrogens (tertiary/aromatic N) is 2. The molecule has 2 N–H and O–H groups in total. The Bertz CT molecular complexity index is 1270. The predicted molar refractivity (Wildman–Crippen MR) is 110 cm³/mol. The van der Waals surface area contributed by atoms with E-state index >= 15 is 0 Å². The van der Waals surface area contributed by atoms with Gasteiger partial charge >= 0.3 is 5.69 Å². The number of phenols is 1. The van der Waals surface area contributed by atoms with Gasteiger partial charge in [0.15, 0.2) is 0 Å². The van der Waals surface area contributed by atoms with Gasteiger partial charge in [-0.1, -0.05) is 23.7 Å². The number of nitrogens with one attached hydrogen (secondary N) is 1. The molecule has 0 saturated heterocycles. The molecule has 0 aliphatic rings. The molecule has 0 fully saturated rings. The summed E-state index contributed by atoms with van der Waals surface area (Å²) in [6.07, 6.45) is 0. The normalized spacial score (nSPS) is 11.2. The van der Waals surface area contributed by atoms with E-state index < -0.39 is 0 Å². The van der Waals surface area contributed by atoms with Gasteiger partial charge in [0.2, 0.25) is 0 Å². The summed E-state index contributed by atoms with van der Waals surface area (Å²) in [4.78, 5) is 29.0. The van der Waals surface area contributed by atoms with Crippen LogP contribution in [0.2, 0.25) is 5.02 Å². The Kier molecular flexibility index (Phi) is 4.57. The van der Waals surface area contributed by atoms with Crippen LogP contribution in [0.4, 0.5) is 0 Å². The molecular weight excluding hydrogens is 378 g/mol. The fraction of sp³-hybridized carbons (Fsp3) is 0.143. The number of aromatic nitrogens is 3. The number of rotatable bonds is 4. The van der Waals surface area contributed by atoms with Crippen molar-refractivity contribution in [3.63, 3.8) is 0 Å². The zero-order valence-electron chi connectivity index (χ0n) is 15.1. The molecule has 0 amide bonds. The average molecular weight is 396 g/mol. The molecule has 2 aromatic carbocycles. The van der Waals surface area contributed by atoms with Gasteiger partial charge < -0.3 is 10.1 Å². The first kappa shape index (κ1) is 18.1. The van der Waals surface area contributed by atoms with Gasteiger partial charge in [0.25, 0.3) is 5.56 Å².